The van der Waals surface area contributed by atoms with Gasteiger partial charge < -0.3 is 20.5 Å². The van der Waals surface area contributed by atoms with E-state index in [0.29, 0.717) is 29.6 Å². The Morgan fingerprint density at radius 3 is 2.53 bits per heavy atom. The molecule has 3 aliphatic carbocycles. The van der Waals surface area contributed by atoms with Gasteiger partial charge in [0.15, 0.2) is 0 Å². The number of fused-ring (bicyclic) bond motifs is 3. The Labute approximate surface area is 207 Å². The van der Waals surface area contributed by atoms with Crippen LogP contribution in [0.2, 0.25) is 0 Å². The van der Waals surface area contributed by atoms with E-state index in [1.807, 2.05) is 0 Å². The maximum absolute atomic E-state index is 14.3. The molecule has 0 heterocycles. The molecule has 3 atom stereocenters. The van der Waals surface area contributed by atoms with Gasteiger partial charge in [0, 0.05) is 13.1 Å². The highest BCUT2D eigenvalue weighted by Crippen LogP contribution is 2.42. The lowest BCUT2D eigenvalue weighted by Crippen LogP contribution is -2.39. The predicted octanol–water partition coefficient (Wildman–Crippen LogP) is 4.11. The van der Waals surface area contributed by atoms with E-state index in [1.165, 1.54) is 18.2 Å². The molecule has 1 fully saturated rings. The Morgan fingerprint density at radius 2 is 1.92 bits per heavy atom. The number of carbonyl (C=O) groups is 2. The fourth-order valence-corrected chi connectivity index (χ4v) is 4.32. The van der Waals surface area contributed by atoms with E-state index in [4.69, 9.17) is 4.74 Å². The number of carbonyl (C=O) groups excluding carboxylic acids is 2. The topological polar surface area (TPSA) is 87.7 Å². The van der Waals surface area contributed by atoms with Crippen LogP contribution in [0.3, 0.4) is 0 Å². The van der Waals surface area contributed by atoms with E-state index in [9.17, 15) is 32.3 Å². The third-order valence-electron chi connectivity index (χ3n) is 6.50. The van der Waals surface area contributed by atoms with Gasteiger partial charge in [0.25, 0.3) is 0 Å². The Hall–Kier alpha value is -2.98. The van der Waals surface area contributed by atoms with Gasteiger partial charge >= 0.3 is 6.18 Å². The molecule has 3 unspecified atom stereocenters. The summed E-state index contributed by atoms with van der Waals surface area (Å²) in [6.07, 6.45) is -2.62. The number of alkyl halides is 3. The number of hydrogen-bond acceptors (Lipinski definition) is 4. The van der Waals surface area contributed by atoms with Crippen LogP contribution in [0.25, 0.3) is 0 Å². The number of allylic oxidation sites excluding steroid dienone is 2. The smallest absolute Gasteiger partial charge is 0.391 e. The summed E-state index contributed by atoms with van der Waals surface area (Å²) in [6, 6.07) is 4.43. The molecule has 0 saturated heterocycles. The molecule has 2 amide bonds. The minimum atomic E-state index is -4.44. The zero-order valence-corrected chi connectivity index (χ0v) is 20.0. The normalized spacial score (nSPS) is 19.2. The Morgan fingerprint density at radius 1 is 1.22 bits per heavy atom. The zero-order valence-electron chi connectivity index (χ0n) is 20.0. The number of benzene rings is 1. The van der Waals surface area contributed by atoms with Crippen LogP contribution in [0.5, 0.6) is 0 Å². The summed E-state index contributed by atoms with van der Waals surface area (Å²) in [5, 5.41) is 15.4. The SMILES string of the molecule is C=CC(CC(O)CNC(=O)COC1CC2=C(C)C(F)=C1CC2)C(=O)NCc1ccc(C(F)(F)F)cc1. The van der Waals surface area contributed by atoms with Crippen LogP contribution in [-0.2, 0) is 27.0 Å². The van der Waals surface area contributed by atoms with Crippen molar-refractivity contribution in [1.82, 2.24) is 10.6 Å². The maximum atomic E-state index is 14.3. The summed E-state index contributed by atoms with van der Waals surface area (Å²) in [6.45, 7) is 4.96. The van der Waals surface area contributed by atoms with Crippen LogP contribution >= 0.6 is 0 Å². The van der Waals surface area contributed by atoms with Crippen molar-refractivity contribution >= 4 is 11.8 Å². The third-order valence-corrected chi connectivity index (χ3v) is 6.50. The predicted molar refractivity (Wildman–Crippen MR) is 125 cm³/mol. The van der Waals surface area contributed by atoms with Gasteiger partial charge in [0.1, 0.15) is 12.4 Å². The van der Waals surface area contributed by atoms with Gasteiger partial charge in [0.05, 0.1) is 23.7 Å². The van der Waals surface area contributed by atoms with Crippen LogP contribution in [0.1, 0.15) is 43.7 Å². The molecular weight excluding hydrogens is 480 g/mol. The number of nitrogens with one attached hydrogen (secondary N) is 2. The molecule has 0 aliphatic heterocycles. The lowest BCUT2D eigenvalue weighted by molar-refractivity contribution is -0.137. The molecule has 1 aromatic rings. The van der Waals surface area contributed by atoms with Gasteiger partial charge in [0.2, 0.25) is 11.8 Å². The summed E-state index contributed by atoms with van der Waals surface area (Å²) in [5.41, 5.74) is 1.98. The van der Waals surface area contributed by atoms with Gasteiger partial charge in [-0.3, -0.25) is 9.59 Å². The second-order valence-corrected chi connectivity index (χ2v) is 9.02. The van der Waals surface area contributed by atoms with Crippen molar-refractivity contribution in [1.29, 1.82) is 0 Å². The molecule has 36 heavy (non-hydrogen) atoms. The molecular formula is C26H30F4N2O4. The standard InChI is InChI=1S/C26H30F4N2O4/c1-3-17(25(35)32-12-16-4-7-19(8-5-16)26(28,29)30)10-20(33)13-31-23(34)14-36-22-11-18-6-9-21(22)24(27)15(18)2/h3-5,7-8,17,20,22,33H,1,6,9-14H2,2H3,(H,31,34)(H,32,35). The molecule has 3 N–H and O–H groups in total. The monoisotopic (exact) mass is 510 g/mol. The van der Waals surface area contributed by atoms with Crippen LogP contribution in [0.4, 0.5) is 17.6 Å². The quantitative estimate of drug-likeness (QED) is 0.309. The number of rotatable bonds is 11. The van der Waals surface area contributed by atoms with Crippen molar-refractivity contribution in [2.75, 3.05) is 13.2 Å². The Kier molecular flexibility index (Phi) is 9.08. The first kappa shape index (κ1) is 27.6. The fourth-order valence-electron chi connectivity index (χ4n) is 4.32. The van der Waals surface area contributed by atoms with E-state index in [2.05, 4.69) is 17.2 Å². The highest BCUT2D eigenvalue weighted by molar-refractivity contribution is 5.80. The second-order valence-electron chi connectivity index (χ2n) is 9.02. The lowest BCUT2D eigenvalue weighted by Gasteiger charge is -2.33. The molecule has 10 heteroatoms. The van der Waals surface area contributed by atoms with E-state index >= 15 is 0 Å². The van der Waals surface area contributed by atoms with Gasteiger partial charge in [-0.15, -0.1) is 6.58 Å². The summed E-state index contributed by atoms with van der Waals surface area (Å²) in [4.78, 5) is 24.6. The first-order valence-electron chi connectivity index (χ1n) is 11.7. The largest absolute Gasteiger partial charge is 0.416 e. The Balaban J connectivity index is 1.38. The molecule has 196 valence electrons. The number of ether oxygens (including phenoxy) is 1. The third kappa shape index (κ3) is 7.04. The van der Waals surface area contributed by atoms with Crippen molar-refractivity contribution in [2.24, 2.45) is 5.92 Å². The molecule has 4 rings (SSSR count). The molecule has 2 bridgehead atoms. The average Bonchev–Trinajstić information content (AvgIpc) is 2.85. The highest BCUT2D eigenvalue weighted by atomic mass is 19.4. The molecule has 0 spiro atoms. The van der Waals surface area contributed by atoms with Gasteiger partial charge in [-0.1, -0.05) is 23.8 Å². The number of hydrogen-bond donors (Lipinski definition) is 3. The van der Waals surface area contributed by atoms with Crippen LogP contribution < -0.4 is 10.6 Å². The van der Waals surface area contributed by atoms with Gasteiger partial charge in [-0.25, -0.2) is 4.39 Å². The lowest BCUT2D eigenvalue weighted by atomic mass is 9.78. The van der Waals surface area contributed by atoms with Crippen molar-refractivity contribution in [2.45, 2.75) is 57.5 Å². The van der Waals surface area contributed by atoms with Crippen LogP contribution in [0.15, 0.2) is 59.5 Å². The van der Waals surface area contributed by atoms with E-state index in [0.717, 1.165) is 24.1 Å². The van der Waals surface area contributed by atoms with E-state index in [1.54, 1.807) is 6.92 Å². The van der Waals surface area contributed by atoms with Crippen molar-refractivity contribution in [3.05, 3.63) is 70.6 Å². The number of amides is 2. The first-order valence-corrected chi connectivity index (χ1v) is 11.7. The van der Waals surface area contributed by atoms with Crippen molar-refractivity contribution in [3.8, 4) is 0 Å². The van der Waals surface area contributed by atoms with Crippen LogP contribution in [0, 0.1) is 5.92 Å². The second kappa shape index (κ2) is 11.8. The number of aliphatic hydroxyl groups is 1. The number of aliphatic hydroxyl groups excluding tert-OH is 1. The molecule has 1 aromatic carbocycles. The molecule has 1 saturated carbocycles. The molecule has 3 aliphatic rings. The van der Waals surface area contributed by atoms with Crippen molar-refractivity contribution < 1.29 is 37.0 Å². The summed E-state index contributed by atoms with van der Waals surface area (Å²) in [5.74, 6) is -1.93. The average molecular weight is 511 g/mol. The summed E-state index contributed by atoms with van der Waals surface area (Å²) in [7, 11) is 0. The van der Waals surface area contributed by atoms with E-state index < -0.39 is 41.7 Å². The molecule has 6 nitrogen and oxygen atoms in total. The Bertz CT molecular complexity index is 1050. The van der Waals surface area contributed by atoms with Gasteiger partial charge in [-0.05, 0) is 61.4 Å². The minimum Gasteiger partial charge on any atom is -0.391 e. The minimum absolute atomic E-state index is 0.0140. The maximum Gasteiger partial charge on any atom is 0.416 e. The zero-order chi connectivity index (χ0) is 26.5. The van der Waals surface area contributed by atoms with Crippen LogP contribution in [-0.4, -0.2) is 42.3 Å². The van der Waals surface area contributed by atoms with Crippen molar-refractivity contribution in [3.63, 3.8) is 0 Å². The highest BCUT2D eigenvalue weighted by Gasteiger charge is 2.33. The number of halogens is 4. The molecule has 0 aromatic heterocycles. The summed E-state index contributed by atoms with van der Waals surface area (Å²) < 4.78 is 57.8. The van der Waals surface area contributed by atoms with E-state index in [-0.39, 0.29) is 31.9 Å². The first-order chi connectivity index (χ1) is 17.0. The fraction of sp³-hybridized carbons (Fsp3) is 0.462. The van der Waals surface area contributed by atoms with Gasteiger partial charge in [-0.2, -0.15) is 13.2 Å². The molecule has 0 radical (unpaired) electrons. The summed E-state index contributed by atoms with van der Waals surface area (Å²) >= 11 is 0.